The highest BCUT2D eigenvalue weighted by atomic mass is 16.5. The average molecular weight is 345 g/mol. The van der Waals surface area contributed by atoms with Crippen LogP contribution in [0.5, 0.6) is 0 Å². The minimum Gasteiger partial charge on any atom is -0.385 e. The number of anilines is 2. The lowest BCUT2D eigenvalue weighted by molar-refractivity contribution is -0.138. The number of methoxy groups -OCH3 is 1. The summed E-state index contributed by atoms with van der Waals surface area (Å²) in [6.45, 7) is 3.20. The van der Waals surface area contributed by atoms with Crippen molar-refractivity contribution in [3.8, 4) is 0 Å². The molecule has 1 N–H and O–H groups in total. The monoisotopic (exact) mass is 345 g/mol. The Bertz CT molecular complexity index is 596. The van der Waals surface area contributed by atoms with E-state index in [0.29, 0.717) is 19.6 Å². The summed E-state index contributed by atoms with van der Waals surface area (Å²) in [5.41, 5.74) is 2.10. The SMILES string of the molecule is COCCCN1C(=O)CC(Nc2ccc(N3CCCCC3)cc2)C1=O. The molecule has 2 amide bonds. The van der Waals surface area contributed by atoms with E-state index < -0.39 is 6.04 Å². The van der Waals surface area contributed by atoms with Gasteiger partial charge in [0.2, 0.25) is 5.91 Å². The summed E-state index contributed by atoms with van der Waals surface area (Å²) in [4.78, 5) is 28.2. The van der Waals surface area contributed by atoms with Crippen LogP contribution in [0.3, 0.4) is 0 Å². The fourth-order valence-electron chi connectivity index (χ4n) is 3.52. The molecule has 2 saturated heterocycles. The van der Waals surface area contributed by atoms with Gasteiger partial charge in [-0.2, -0.15) is 0 Å². The van der Waals surface area contributed by atoms with Crippen LogP contribution in [0.1, 0.15) is 32.1 Å². The number of likely N-dealkylation sites (tertiary alicyclic amines) is 1. The molecule has 1 unspecified atom stereocenters. The highest BCUT2D eigenvalue weighted by Gasteiger charge is 2.38. The normalized spacial score (nSPS) is 21.1. The van der Waals surface area contributed by atoms with E-state index in [9.17, 15) is 9.59 Å². The van der Waals surface area contributed by atoms with Gasteiger partial charge in [-0.05, 0) is 49.9 Å². The Morgan fingerprint density at radius 2 is 1.84 bits per heavy atom. The Hall–Kier alpha value is -2.08. The minimum absolute atomic E-state index is 0.108. The van der Waals surface area contributed by atoms with Crippen LogP contribution >= 0.6 is 0 Å². The van der Waals surface area contributed by atoms with E-state index in [0.717, 1.165) is 18.8 Å². The molecule has 0 aromatic heterocycles. The Kier molecular flexibility index (Phi) is 5.91. The molecule has 2 fully saturated rings. The molecule has 1 aromatic carbocycles. The number of piperidine rings is 1. The van der Waals surface area contributed by atoms with Crippen LogP contribution < -0.4 is 10.2 Å². The van der Waals surface area contributed by atoms with Crippen LogP contribution in [-0.4, -0.2) is 56.1 Å². The number of rotatable bonds is 7. The number of nitrogens with zero attached hydrogens (tertiary/aromatic N) is 2. The molecule has 6 nitrogen and oxygen atoms in total. The first kappa shape index (κ1) is 17.7. The second-order valence-electron chi connectivity index (χ2n) is 6.73. The zero-order valence-corrected chi connectivity index (χ0v) is 14.9. The third kappa shape index (κ3) is 4.31. The number of nitrogens with one attached hydrogen (secondary N) is 1. The number of carbonyl (C=O) groups is 2. The summed E-state index contributed by atoms with van der Waals surface area (Å²) in [5, 5.41) is 3.21. The van der Waals surface area contributed by atoms with Crippen LogP contribution in [0.15, 0.2) is 24.3 Å². The highest BCUT2D eigenvalue weighted by molar-refractivity contribution is 6.06. The van der Waals surface area contributed by atoms with Gasteiger partial charge in [0.1, 0.15) is 6.04 Å². The number of benzene rings is 1. The maximum Gasteiger partial charge on any atom is 0.252 e. The van der Waals surface area contributed by atoms with Gasteiger partial charge < -0.3 is 15.0 Å². The molecule has 0 saturated carbocycles. The molecule has 1 aromatic rings. The van der Waals surface area contributed by atoms with Crippen molar-refractivity contribution in [1.29, 1.82) is 0 Å². The van der Waals surface area contributed by atoms with Crippen LogP contribution in [0.4, 0.5) is 11.4 Å². The third-order valence-electron chi connectivity index (χ3n) is 4.90. The summed E-state index contributed by atoms with van der Waals surface area (Å²) in [7, 11) is 1.62. The molecule has 2 aliphatic heterocycles. The zero-order valence-electron chi connectivity index (χ0n) is 14.9. The predicted octanol–water partition coefficient (Wildman–Crippen LogP) is 2.25. The van der Waals surface area contributed by atoms with Crippen LogP contribution in [-0.2, 0) is 14.3 Å². The number of amides is 2. The fraction of sp³-hybridized carbons (Fsp3) is 0.579. The van der Waals surface area contributed by atoms with Crippen LogP contribution in [0.25, 0.3) is 0 Å². The van der Waals surface area contributed by atoms with Crippen molar-refractivity contribution in [3.05, 3.63) is 24.3 Å². The van der Waals surface area contributed by atoms with Gasteiger partial charge in [0.15, 0.2) is 0 Å². The molecule has 136 valence electrons. The number of ether oxygens (including phenoxy) is 1. The van der Waals surface area contributed by atoms with E-state index in [-0.39, 0.29) is 18.2 Å². The fourth-order valence-corrected chi connectivity index (χ4v) is 3.52. The van der Waals surface area contributed by atoms with Crippen molar-refractivity contribution in [3.63, 3.8) is 0 Å². The molecule has 2 heterocycles. The average Bonchev–Trinajstić information content (AvgIpc) is 2.90. The topological polar surface area (TPSA) is 61.9 Å². The standard InChI is InChI=1S/C19H27N3O3/c1-25-13-5-12-22-18(23)14-17(19(22)24)20-15-6-8-16(9-7-15)21-10-3-2-4-11-21/h6-9,17,20H,2-5,10-14H2,1H3. The van der Waals surface area contributed by atoms with Gasteiger partial charge in [0.05, 0.1) is 6.42 Å². The minimum atomic E-state index is -0.462. The van der Waals surface area contributed by atoms with Crippen LogP contribution in [0.2, 0.25) is 0 Å². The number of carbonyl (C=O) groups excluding carboxylic acids is 2. The van der Waals surface area contributed by atoms with Crippen molar-refractivity contribution in [1.82, 2.24) is 4.90 Å². The zero-order chi connectivity index (χ0) is 17.6. The largest absolute Gasteiger partial charge is 0.385 e. The van der Waals surface area contributed by atoms with Gasteiger partial charge in [-0.3, -0.25) is 14.5 Å². The smallest absolute Gasteiger partial charge is 0.252 e. The van der Waals surface area contributed by atoms with E-state index in [4.69, 9.17) is 4.74 Å². The molecule has 2 aliphatic rings. The summed E-state index contributed by atoms with van der Waals surface area (Å²) >= 11 is 0. The van der Waals surface area contributed by atoms with E-state index in [1.54, 1.807) is 7.11 Å². The molecule has 0 aliphatic carbocycles. The summed E-state index contributed by atoms with van der Waals surface area (Å²) in [6.07, 6.45) is 4.70. The van der Waals surface area contributed by atoms with Crippen molar-refractivity contribution >= 4 is 23.2 Å². The maximum absolute atomic E-state index is 12.4. The quantitative estimate of drug-likeness (QED) is 0.607. The Morgan fingerprint density at radius 1 is 1.12 bits per heavy atom. The van der Waals surface area contributed by atoms with Gasteiger partial charge in [-0.25, -0.2) is 0 Å². The van der Waals surface area contributed by atoms with E-state index in [1.807, 2.05) is 12.1 Å². The first-order chi connectivity index (χ1) is 12.2. The second kappa shape index (κ2) is 8.34. The first-order valence-corrected chi connectivity index (χ1v) is 9.14. The summed E-state index contributed by atoms with van der Waals surface area (Å²) in [5.74, 6) is -0.246. The van der Waals surface area contributed by atoms with Gasteiger partial charge in [0.25, 0.3) is 5.91 Å². The van der Waals surface area contributed by atoms with Gasteiger partial charge in [-0.15, -0.1) is 0 Å². The Balaban J connectivity index is 1.56. The summed E-state index contributed by atoms with van der Waals surface area (Å²) < 4.78 is 4.99. The Labute approximate surface area is 149 Å². The molecule has 0 radical (unpaired) electrons. The number of imide groups is 1. The molecule has 6 heteroatoms. The third-order valence-corrected chi connectivity index (χ3v) is 4.90. The van der Waals surface area contributed by atoms with Gasteiger partial charge in [0, 0.05) is 44.7 Å². The number of hydrogen-bond donors (Lipinski definition) is 1. The predicted molar refractivity (Wildman–Crippen MR) is 97.7 cm³/mol. The molecular formula is C19H27N3O3. The Morgan fingerprint density at radius 3 is 2.52 bits per heavy atom. The van der Waals surface area contributed by atoms with Crippen molar-refractivity contribution in [2.75, 3.05) is 43.6 Å². The second-order valence-corrected chi connectivity index (χ2v) is 6.73. The lowest BCUT2D eigenvalue weighted by Gasteiger charge is -2.29. The molecule has 3 rings (SSSR count). The van der Waals surface area contributed by atoms with Crippen molar-refractivity contribution < 1.29 is 14.3 Å². The molecular weight excluding hydrogens is 318 g/mol. The van der Waals surface area contributed by atoms with Gasteiger partial charge in [-0.1, -0.05) is 0 Å². The molecule has 0 bridgehead atoms. The van der Waals surface area contributed by atoms with Gasteiger partial charge >= 0.3 is 0 Å². The lowest BCUT2D eigenvalue weighted by atomic mass is 10.1. The van der Waals surface area contributed by atoms with E-state index in [2.05, 4.69) is 22.3 Å². The first-order valence-electron chi connectivity index (χ1n) is 9.14. The van der Waals surface area contributed by atoms with Crippen molar-refractivity contribution in [2.24, 2.45) is 0 Å². The molecule has 25 heavy (non-hydrogen) atoms. The van der Waals surface area contributed by atoms with E-state index in [1.165, 1.54) is 29.8 Å². The lowest BCUT2D eigenvalue weighted by Crippen LogP contribution is -2.35. The van der Waals surface area contributed by atoms with E-state index >= 15 is 0 Å². The van der Waals surface area contributed by atoms with Crippen LogP contribution in [0, 0.1) is 0 Å². The maximum atomic E-state index is 12.4. The summed E-state index contributed by atoms with van der Waals surface area (Å²) in [6, 6.07) is 7.71. The number of hydrogen-bond acceptors (Lipinski definition) is 5. The highest BCUT2D eigenvalue weighted by Crippen LogP contribution is 2.24. The van der Waals surface area contributed by atoms with Crippen molar-refractivity contribution in [2.45, 2.75) is 38.1 Å². The molecule has 0 spiro atoms. The molecule has 1 atom stereocenters.